The molecule has 0 aliphatic carbocycles. The molecule has 184 valence electrons. The average Bonchev–Trinajstić information content (AvgIpc) is 2.84. The van der Waals surface area contributed by atoms with Crippen LogP contribution >= 0.6 is 43.5 Å². The molecule has 1 aromatic heterocycles. The van der Waals surface area contributed by atoms with Crippen LogP contribution in [0.4, 0.5) is 5.69 Å². The standard InChI is InChI=1S/C25H19Br2ClN4O4/c1-2-3-23-30-21-9-8-18(27)12-19(21)25(33)31(23)29-13-16-10-20(28)24(22(11-16)32(34)35)36-14-15-4-6-17(26)7-5-15/h4-13H,2-3,14H2,1H3. The summed E-state index contributed by atoms with van der Waals surface area (Å²) in [6, 6.07) is 15.5. The first-order valence-electron chi connectivity index (χ1n) is 10.9. The van der Waals surface area contributed by atoms with E-state index < -0.39 is 4.92 Å². The van der Waals surface area contributed by atoms with Crippen molar-refractivity contribution in [3.8, 4) is 5.75 Å². The van der Waals surface area contributed by atoms with Crippen LogP contribution in [0.25, 0.3) is 10.9 Å². The normalized spacial score (nSPS) is 11.3. The lowest BCUT2D eigenvalue weighted by molar-refractivity contribution is -0.385. The molecule has 0 fully saturated rings. The SMILES string of the molecule is CCCc1nc2ccc(Br)cc2c(=O)n1N=Cc1cc(Cl)c(OCc2ccc(Br)cc2)c([N+](=O)[O-])c1. The summed E-state index contributed by atoms with van der Waals surface area (Å²) in [4.78, 5) is 29.0. The number of nitro groups is 1. The minimum Gasteiger partial charge on any atom is -0.481 e. The van der Waals surface area contributed by atoms with Crippen molar-refractivity contribution in [3.05, 3.63) is 106 Å². The first-order chi connectivity index (χ1) is 17.3. The highest BCUT2D eigenvalue weighted by molar-refractivity contribution is 9.10. The van der Waals surface area contributed by atoms with E-state index in [9.17, 15) is 14.9 Å². The van der Waals surface area contributed by atoms with Crippen LogP contribution in [0.3, 0.4) is 0 Å². The van der Waals surface area contributed by atoms with E-state index in [0.717, 1.165) is 20.9 Å². The molecule has 0 unspecified atom stereocenters. The van der Waals surface area contributed by atoms with Gasteiger partial charge in [0.1, 0.15) is 12.4 Å². The van der Waals surface area contributed by atoms with Crippen molar-refractivity contribution in [2.75, 3.05) is 0 Å². The van der Waals surface area contributed by atoms with Gasteiger partial charge in [0.15, 0.2) is 0 Å². The van der Waals surface area contributed by atoms with Gasteiger partial charge in [-0.2, -0.15) is 9.78 Å². The molecule has 0 atom stereocenters. The summed E-state index contributed by atoms with van der Waals surface area (Å²) in [6.07, 6.45) is 2.64. The van der Waals surface area contributed by atoms with E-state index in [1.807, 2.05) is 37.3 Å². The summed E-state index contributed by atoms with van der Waals surface area (Å²) < 4.78 is 8.57. The van der Waals surface area contributed by atoms with E-state index in [-0.39, 0.29) is 28.6 Å². The Bertz CT molecular complexity index is 1540. The number of hydrogen-bond donors (Lipinski definition) is 0. The molecule has 0 radical (unpaired) electrons. The molecule has 0 N–H and O–H groups in total. The maximum Gasteiger partial charge on any atom is 0.313 e. The lowest BCUT2D eigenvalue weighted by atomic mass is 10.2. The van der Waals surface area contributed by atoms with Gasteiger partial charge >= 0.3 is 5.69 Å². The van der Waals surface area contributed by atoms with Crippen molar-refractivity contribution in [2.24, 2.45) is 5.10 Å². The van der Waals surface area contributed by atoms with Gasteiger partial charge in [0.25, 0.3) is 5.56 Å². The highest BCUT2D eigenvalue weighted by Crippen LogP contribution is 2.36. The predicted octanol–water partition coefficient (Wildman–Crippen LogP) is 6.90. The molecule has 0 aliphatic heterocycles. The zero-order valence-electron chi connectivity index (χ0n) is 19.0. The maximum absolute atomic E-state index is 13.2. The lowest BCUT2D eigenvalue weighted by Gasteiger charge is -2.10. The molecule has 0 saturated carbocycles. The number of hydrogen-bond acceptors (Lipinski definition) is 6. The molecular formula is C25H19Br2ClN4O4. The molecule has 0 amide bonds. The van der Waals surface area contributed by atoms with Crippen LogP contribution in [-0.2, 0) is 13.0 Å². The molecule has 36 heavy (non-hydrogen) atoms. The van der Waals surface area contributed by atoms with Crippen LogP contribution in [0.15, 0.2) is 73.4 Å². The Morgan fingerprint density at radius 2 is 1.86 bits per heavy atom. The Labute approximate surface area is 228 Å². The number of aromatic nitrogens is 2. The number of benzene rings is 3. The number of ether oxygens (including phenoxy) is 1. The van der Waals surface area contributed by atoms with Gasteiger partial charge in [-0.15, -0.1) is 0 Å². The minimum absolute atomic E-state index is 0.0391. The van der Waals surface area contributed by atoms with Gasteiger partial charge in [-0.25, -0.2) is 4.98 Å². The topological polar surface area (TPSA) is 99.6 Å². The molecule has 4 aromatic rings. The van der Waals surface area contributed by atoms with Crippen LogP contribution in [-0.4, -0.2) is 20.8 Å². The third-order valence-electron chi connectivity index (χ3n) is 5.21. The van der Waals surface area contributed by atoms with Crippen LogP contribution in [0.2, 0.25) is 5.02 Å². The van der Waals surface area contributed by atoms with E-state index in [0.29, 0.717) is 28.7 Å². The molecule has 3 aromatic carbocycles. The first-order valence-corrected chi connectivity index (χ1v) is 12.8. The molecule has 0 spiro atoms. The molecule has 4 rings (SSSR count). The third-order valence-corrected chi connectivity index (χ3v) is 6.51. The van der Waals surface area contributed by atoms with Gasteiger partial charge in [-0.3, -0.25) is 14.9 Å². The first kappa shape index (κ1) is 26.0. The highest BCUT2D eigenvalue weighted by Gasteiger charge is 2.21. The second-order valence-electron chi connectivity index (χ2n) is 7.82. The molecule has 1 heterocycles. The molecule has 0 saturated heterocycles. The van der Waals surface area contributed by atoms with Crippen molar-refractivity contribution in [2.45, 2.75) is 26.4 Å². The maximum atomic E-state index is 13.2. The van der Waals surface area contributed by atoms with Gasteiger partial charge in [-0.1, -0.05) is 62.5 Å². The fourth-order valence-electron chi connectivity index (χ4n) is 3.51. The lowest BCUT2D eigenvalue weighted by Crippen LogP contribution is -2.22. The summed E-state index contributed by atoms with van der Waals surface area (Å²) in [7, 11) is 0. The van der Waals surface area contributed by atoms with E-state index >= 15 is 0 Å². The fraction of sp³-hybridized carbons (Fsp3) is 0.160. The van der Waals surface area contributed by atoms with Crippen LogP contribution in [0.5, 0.6) is 5.75 Å². The Kier molecular flexibility index (Phi) is 8.17. The van der Waals surface area contributed by atoms with Crippen LogP contribution in [0.1, 0.15) is 30.3 Å². The van der Waals surface area contributed by atoms with E-state index in [4.69, 9.17) is 16.3 Å². The molecule has 11 heteroatoms. The minimum atomic E-state index is -0.566. The van der Waals surface area contributed by atoms with E-state index in [1.54, 1.807) is 12.1 Å². The summed E-state index contributed by atoms with van der Waals surface area (Å²) in [5.74, 6) is 0.450. The van der Waals surface area contributed by atoms with Crippen LogP contribution < -0.4 is 10.3 Å². The van der Waals surface area contributed by atoms with Gasteiger partial charge in [0, 0.05) is 27.0 Å². The van der Waals surface area contributed by atoms with Gasteiger partial charge in [0.2, 0.25) is 5.75 Å². The van der Waals surface area contributed by atoms with E-state index in [1.165, 1.54) is 23.0 Å². The van der Waals surface area contributed by atoms with E-state index in [2.05, 4.69) is 41.9 Å². The highest BCUT2D eigenvalue weighted by atomic mass is 79.9. The monoisotopic (exact) mass is 632 g/mol. The van der Waals surface area contributed by atoms with Crippen molar-refractivity contribution < 1.29 is 9.66 Å². The Morgan fingerprint density at radius 3 is 2.56 bits per heavy atom. The number of rotatable bonds is 8. The van der Waals surface area contributed by atoms with Crippen molar-refractivity contribution >= 4 is 66.3 Å². The summed E-state index contributed by atoms with van der Waals surface area (Å²) in [6.45, 7) is 2.08. The van der Waals surface area contributed by atoms with Crippen molar-refractivity contribution in [3.63, 3.8) is 0 Å². The molecule has 0 bridgehead atoms. The van der Waals surface area contributed by atoms with Gasteiger partial charge in [-0.05, 0) is 48.4 Å². The number of halogens is 3. The van der Waals surface area contributed by atoms with Crippen LogP contribution in [0, 0.1) is 10.1 Å². The van der Waals surface area contributed by atoms with Crippen molar-refractivity contribution in [1.29, 1.82) is 0 Å². The Hall–Kier alpha value is -3.08. The molecular weight excluding hydrogens is 616 g/mol. The predicted molar refractivity (Wildman–Crippen MR) is 147 cm³/mol. The summed E-state index contributed by atoms with van der Waals surface area (Å²) in [5, 5.41) is 16.6. The molecule has 8 nitrogen and oxygen atoms in total. The summed E-state index contributed by atoms with van der Waals surface area (Å²) >= 11 is 13.1. The average molecular weight is 635 g/mol. The zero-order chi connectivity index (χ0) is 25.8. The summed E-state index contributed by atoms with van der Waals surface area (Å²) in [5.41, 5.74) is 1.10. The zero-order valence-corrected chi connectivity index (χ0v) is 22.9. The second-order valence-corrected chi connectivity index (χ2v) is 10.1. The van der Waals surface area contributed by atoms with Gasteiger partial charge in [0.05, 0.1) is 27.1 Å². The fourth-order valence-corrected chi connectivity index (χ4v) is 4.41. The third kappa shape index (κ3) is 5.83. The number of fused-ring (bicyclic) bond motifs is 1. The number of nitro benzene ring substituents is 1. The smallest absolute Gasteiger partial charge is 0.313 e. The number of aryl methyl sites for hydroxylation is 1. The second kappa shape index (κ2) is 11.3. The number of nitrogens with zero attached hydrogens (tertiary/aromatic N) is 4. The quantitative estimate of drug-likeness (QED) is 0.119. The molecule has 0 aliphatic rings. The Balaban J connectivity index is 1.70. The Morgan fingerprint density at radius 1 is 1.14 bits per heavy atom. The van der Waals surface area contributed by atoms with Gasteiger partial charge < -0.3 is 4.74 Å². The van der Waals surface area contributed by atoms with Crippen molar-refractivity contribution in [1.82, 2.24) is 9.66 Å². The largest absolute Gasteiger partial charge is 0.481 e.